The zero-order valence-electron chi connectivity index (χ0n) is 11.7. The van der Waals surface area contributed by atoms with Crippen LogP contribution in [0.25, 0.3) is 0 Å². The van der Waals surface area contributed by atoms with Crippen molar-refractivity contribution in [2.24, 2.45) is 5.84 Å². The smallest absolute Gasteiger partial charge is 0.0847 e. The lowest BCUT2D eigenvalue weighted by molar-refractivity contribution is 0.355. The summed E-state index contributed by atoms with van der Waals surface area (Å²) in [6, 6.07) is 0.214. The van der Waals surface area contributed by atoms with Gasteiger partial charge < -0.3 is 4.90 Å². The number of hydrogen-bond acceptors (Lipinski definition) is 4. The molecule has 104 valence electrons. The summed E-state index contributed by atoms with van der Waals surface area (Å²) >= 11 is 6.29. The standard InChI is InChI=1S/C12H24ClN5/c1-5-18-11(12(13)9(2)16-18)8-10(15-14)6-7-17(3)4/h10,15H,5-8,14H2,1-4H3. The second kappa shape index (κ2) is 7.09. The minimum atomic E-state index is 0.214. The molecule has 1 heterocycles. The molecule has 6 heteroatoms. The van der Waals surface area contributed by atoms with E-state index in [1.807, 2.05) is 11.6 Å². The van der Waals surface area contributed by atoms with E-state index in [-0.39, 0.29) is 6.04 Å². The Morgan fingerprint density at radius 1 is 1.50 bits per heavy atom. The van der Waals surface area contributed by atoms with Crippen LogP contribution in [0.4, 0.5) is 0 Å². The monoisotopic (exact) mass is 273 g/mol. The summed E-state index contributed by atoms with van der Waals surface area (Å²) in [5.41, 5.74) is 4.82. The fourth-order valence-electron chi connectivity index (χ4n) is 1.96. The summed E-state index contributed by atoms with van der Waals surface area (Å²) in [7, 11) is 4.11. The molecule has 0 aliphatic heterocycles. The minimum absolute atomic E-state index is 0.214. The van der Waals surface area contributed by atoms with Gasteiger partial charge in [0.05, 0.1) is 16.4 Å². The highest BCUT2D eigenvalue weighted by atomic mass is 35.5. The predicted molar refractivity (Wildman–Crippen MR) is 75.6 cm³/mol. The Morgan fingerprint density at radius 3 is 2.67 bits per heavy atom. The number of rotatable bonds is 7. The number of nitrogens with two attached hydrogens (primary N) is 1. The molecule has 0 aliphatic carbocycles. The molecular formula is C12H24ClN5. The first kappa shape index (κ1) is 15.4. The van der Waals surface area contributed by atoms with Crippen LogP contribution in [0.15, 0.2) is 0 Å². The summed E-state index contributed by atoms with van der Waals surface area (Å²) in [6.07, 6.45) is 1.78. The van der Waals surface area contributed by atoms with E-state index in [1.54, 1.807) is 0 Å². The van der Waals surface area contributed by atoms with E-state index in [4.69, 9.17) is 17.4 Å². The third-order valence-electron chi connectivity index (χ3n) is 3.05. The molecule has 0 saturated heterocycles. The van der Waals surface area contributed by atoms with E-state index in [2.05, 4.69) is 36.4 Å². The molecule has 5 nitrogen and oxygen atoms in total. The molecule has 1 aromatic rings. The van der Waals surface area contributed by atoms with Gasteiger partial charge in [0.2, 0.25) is 0 Å². The van der Waals surface area contributed by atoms with Gasteiger partial charge in [0.15, 0.2) is 0 Å². The Kier molecular flexibility index (Phi) is 6.08. The maximum atomic E-state index is 6.29. The van der Waals surface area contributed by atoms with Crippen LogP contribution in [-0.4, -0.2) is 41.4 Å². The van der Waals surface area contributed by atoms with Gasteiger partial charge in [0.1, 0.15) is 0 Å². The van der Waals surface area contributed by atoms with Gasteiger partial charge in [-0.25, -0.2) is 0 Å². The number of aryl methyl sites for hydroxylation is 2. The Labute approximate surface area is 114 Å². The first-order valence-electron chi connectivity index (χ1n) is 6.32. The fraction of sp³-hybridized carbons (Fsp3) is 0.750. The molecule has 0 saturated carbocycles. The normalized spacial score (nSPS) is 13.3. The van der Waals surface area contributed by atoms with Crippen molar-refractivity contribution >= 4 is 11.6 Å². The number of nitrogens with one attached hydrogen (secondary N) is 1. The van der Waals surface area contributed by atoms with E-state index in [1.165, 1.54) is 0 Å². The van der Waals surface area contributed by atoms with Gasteiger partial charge in [-0.15, -0.1) is 0 Å². The first-order valence-corrected chi connectivity index (χ1v) is 6.70. The molecule has 0 fully saturated rings. The third kappa shape index (κ3) is 3.95. The van der Waals surface area contributed by atoms with Crippen LogP contribution < -0.4 is 11.3 Å². The number of halogens is 1. The average Bonchev–Trinajstić information content (AvgIpc) is 2.61. The van der Waals surface area contributed by atoms with Crippen LogP contribution in [0.3, 0.4) is 0 Å². The van der Waals surface area contributed by atoms with Gasteiger partial charge in [0.25, 0.3) is 0 Å². The molecule has 0 spiro atoms. The van der Waals surface area contributed by atoms with Crippen molar-refractivity contribution in [1.82, 2.24) is 20.1 Å². The highest BCUT2D eigenvalue weighted by Crippen LogP contribution is 2.22. The molecular weight excluding hydrogens is 250 g/mol. The SMILES string of the molecule is CCn1nc(C)c(Cl)c1CC(CCN(C)C)NN. The summed E-state index contributed by atoms with van der Waals surface area (Å²) in [6.45, 7) is 5.82. The number of hydrazine groups is 1. The Hall–Kier alpha value is -0.620. The molecule has 18 heavy (non-hydrogen) atoms. The van der Waals surface area contributed by atoms with Crippen LogP contribution in [0.2, 0.25) is 5.02 Å². The van der Waals surface area contributed by atoms with E-state index >= 15 is 0 Å². The quantitative estimate of drug-likeness (QED) is 0.579. The van der Waals surface area contributed by atoms with Crippen molar-refractivity contribution < 1.29 is 0 Å². The van der Waals surface area contributed by atoms with Crippen LogP contribution in [0.5, 0.6) is 0 Å². The highest BCUT2D eigenvalue weighted by molar-refractivity contribution is 6.31. The fourth-order valence-corrected chi connectivity index (χ4v) is 2.17. The molecule has 1 aromatic heterocycles. The molecule has 1 atom stereocenters. The summed E-state index contributed by atoms with van der Waals surface area (Å²) < 4.78 is 1.96. The molecule has 0 aromatic carbocycles. The van der Waals surface area contributed by atoms with Crippen LogP contribution in [0, 0.1) is 6.92 Å². The largest absolute Gasteiger partial charge is 0.309 e. The van der Waals surface area contributed by atoms with Crippen molar-refractivity contribution in [2.45, 2.75) is 39.3 Å². The van der Waals surface area contributed by atoms with Gasteiger partial charge in [-0.05, 0) is 40.9 Å². The highest BCUT2D eigenvalue weighted by Gasteiger charge is 2.17. The lowest BCUT2D eigenvalue weighted by Crippen LogP contribution is -2.39. The second-order valence-electron chi connectivity index (χ2n) is 4.82. The van der Waals surface area contributed by atoms with E-state index < -0.39 is 0 Å². The maximum absolute atomic E-state index is 6.29. The van der Waals surface area contributed by atoms with Crippen molar-refractivity contribution in [1.29, 1.82) is 0 Å². The Balaban J connectivity index is 2.74. The summed E-state index contributed by atoms with van der Waals surface area (Å²) in [5.74, 6) is 5.61. The van der Waals surface area contributed by atoms with Crippen LogP contribution in [0.1, 0.15) is 24.7 Å². The predicted octanol–water partition coefficient (Wildman–Crippen LogP) is 1.19. The van der Waals surface area contributed by atoms with Gasteiger partial charge in [-0.3, -0.25) is 16.0 Å². The topological polar surface area (TPSA) is 59.1 Å². The molecule has 0 aliphatic rings. The molecule has 3 N–H and O–H groups in total. The minimum Gasteiger partial charge on any atom is -0.309 e. The van der Waals surface area contributed by atoms with Crippen LogP contribution >= 0.6 is 11.6 Å². The first-order chi connectivity index (χ1) is 8.49. The number of hydrogen-bond donors (Lipinski definition) is 2. The van der Waals surface area contributed by atoms with Gasteiger partial charge in [0, 0.05) is 19.0 Å². The third-order valence-corrected chi connectivity index (χ3v) is 3.54. The van der Waals surface area contributed by atoms with E-state index in [0.29, 0.717) is 0 Å². The number of aromatic nitrogens is 2. The molecule has 0 radical (unpaired) electrons. The maximum Gasteiger partial charge on any atom is 0.0847 e. The zero-order chi connectivity index (χ0) is 13.7. The lowest BCUT2D eigenvalue weighted by Gasteiger charge is -2.19. The molecule has 1 rings (SSSR count). The van der Waals surface area contributed by atoms with Gasteiger partial charge >= 0.3 is 0 Å². The summed E-state index contributed by atoms with van der Waals surface area (Å²) in [4.78, 5) is 2.15. The van der Waals surface area contributed by atoms with Crippen molar-refractivity contribution in [3.05, 3.63) is 16.4 Å². The van der Waals surface area contributed by atoms with Crippen molar-refractivity contribution in [3.63, 3.8) is 0 Å². The Bertz CT molecular complexity index is 375. The van der Waals surface area contributed by atoms with E-state index in [9.17, 15) is 0 Å². The molecule has 1 unspecified atom stereocenters. The van der Waals surface area contributed by atoms with E-state index in [0.717, 1.165) is 42.3 Å². The average molecular weight is 274 g/mol. The summed E-state index contributed by atoms with van der Waals surface area (Å²) in [5, 5.41) is 5.18. The Morgan fingerprint density at radius 2 is 2.17 bits per heavy atom. The lowest BCUT2D eigenvalue weighted by atomic mass is 10.1. The zero-order valence-corrected chi connectivity index (χ0v) is 12.5. The molecule has 0 amide bonds. The van der Waals surface area contributed by atoms with Crippen molar-refractivity contribution in [2.75, 3.05) is 20.6 Å². The van der Waals surface area contributed by atoms with Crippen molar-refractivity contribution in [3.8, 4) is 0 Å². The second-order valence-corrected chi connectivity index (χ2v) is 5.20. The number of nitrogens with zero attached hydrogens (tertiary/aromatic N) is 3. The van der Waals surface area contributed by atoms with Gasteiger partial charge in [-0.1, -0.05) is 11.6 Å². The van der Waals surface area contributed by atoms with Crippen LogP contribution in [-0.2, 0) is 13.0 Å². The van der Waals surface area contributed by atoms with Gasteiger partial charge in [-0.2, -0.15) is 5.10 Å². The molecule has 0 bridgehead atoms.